The maximum absolute atomic E-state index is 13.0. The summed E-state index contributed by atoms with van der Waals surface area (Å²) in [6, 6.07) is 8.21. The van der Waals surface area contributed by atoms with Crippen LogP contribution >= 0.6 is 0 Å². The minimum absolute atomic E-state index is 0.0818. The van der Waals surface area contributed by atoms with Crippen LogP contribution in [0.1, 0.15) is 54.7 Å². The molecule has 0 saturated carbocycles. The lowest BCUT2D eigenvalue weighted by Gasteiger charge is -2.30. The number of sulfonamides is 1. The quantitative estimate of drug-likeness (QED) is 0.551. The van der Waals surface area contributed by atoms with Crippen molar-refractivity contribution in [1.82, 2.24) is 0 Å². The first-order valence-corrected chi connectivity index (χ1v) is 12.0. The number of aryl methyl sites for hydroxylation is 3. The fourth-order valence-corrected chi connectivity index (χ4v) is 4.99. The third-order valence-corrected chi connectivity index (χ3v) is 6.60. The maximum atomic E-state index is 13.0. The molecule has 0 fully saturated rings. The number of anilines is 2. The van der Waals surface area contributed by atoms with Crippen molar-refractivity contribution >= 4 is 27.4 Å². The standard InChI is InChI=1S/C24H34N2O4S/c1-15(2)13-26(14-16(3)4)22-9-8-20(12-21(22)24(27)28)25-31(29,30)23-11-18(6)17(5)10-19(23)7/h8-12,15-16,25H,13-14H2,1-7H3,(H,27,28). The van der Waals surface area contributed by atoms with Crippen LogP contribution in [0.2, 0.25) is 0 Å². The van der Waals surface area contributed by atoms with E-state index in [2.05, 4.69) is 37.3 Å². The number of nitrogens with zero attached hydrogens (tertiary/aromatic N) is 1. The summed E-state index contributed by atoms with van der Waals surface area (Å²) in [4.78, 5) is 14.3. The second-order valence-electron chi connectivity index (χ2n) is 9.04. The Morgan fingerprint density at radius 3 is 2.00 bits per heavy atom. The van der Waals surface area contributed by atoms with Crippen LogP contribution in [0.15, 0.2) is 35.2 Å². The van der Waals surface area contributed by atoms with Crippen LogP contribution in [-0.2, 0) is 10.0 Å². The number of benzene rings is 2. The summed E-state index contributed by atoms with van der Waals surface area (Å²) in [5.74, 6) is -0.381. The van der Waals surface area contributed by atoms with Crippen molar-refractivity contribution in [2.75, 3.05) is 22.7 Å². The van der Waals surface area contributed by atoms with Crippen LogP contribution in [0.5, 0.6) is 0 Å². The fraction of sp³-hybridized carbons (Fsp3) is 0.458. The van der Waals surface area contributed by atoms with E-state index in [1.165, 1.54) is 6.07 Å². The summed E-state index contributed by atoms with van der Waals surface area (Å²) in [6.07, 6.45) is 0. The molecule has 0 radical (unpaired) electrons. The molecule has 2 rings (SSSR count). The topological polar surface area (TPSA) is 86.7 Å². The van der Waals surface area contributed by atoms with Gasteiger partial charge in [-0.05, 0) is 73.6 Å². The molecule has 0 unspecified atom stereocenters. The molecular weight excluding hydrogens is 412 g/mol. The molecule has 170 valence electrons. The molecule has 0 aliphatic carbocycles. The Morgan fingerprint density at radius 1 is 0.935 bits per heavy atom. The zero-order valence-electron chi connectivity index (χ0n) is 19.5. The molecule has 0 spiro atoms. The molecule has 31 heavy (non-hydrogen) atoms. The van der Waals surface area contributed by atoms with Crippen molar-refractivity contribution in [3.63, 3.8) is 0 Å². The highest BCUT2D eigenvalue weighted by atomic mass is 32.2. The molecular formula is C24H34N2O4S. The molecule has 6 nitrogen and oxygen atoms in total. The molecule has 2 aromatic rings. The Morgan fingerprint density at radius 2 is 1.48 bits per heavy atom. The van der Waals surface area contributed by atoms with Gasteiger partial charge in [-0.15, -0.1) is 0 Å². The van der Waals surface area contributed by atoms with Gasteiger partial charge in [0.25, 0.3) is 10.0 Å². The van der Waals surface area contributed by atoms with E-state index >= 15 is 0 Å². The first kappa shape index (κ1) is 24.7. The molecule has 2 N–H and O–H groups in total. The lowest BCUT2D eigenvalue weighted by molar-refractivity contribution is 0.0697. The van der Waals surface area contributed by atoms with Crippen LogP contribution in [-0.4, -0.2) is 32.6 Å². The molecule has 7 heteroatoms. The smallest absolute Gasteiger partial charge is 0.337 e. The van der Waals surface area contributed by atoms with E-state index in [4.69, 9.17) is 0 Å². The van der Waals surface area contributed by atoms with Gasteiger partial charge in [-0.25, -0.2) is 13.2 Å². The average Bonchev–Trinajstić information content (AvgIpc) is 2.62. The van der Waals surface area contributed by atoms with Gasteiger partial charge in [0.1, 0.15) is 0 Å². The molecule has 0 saturated heterocycles. The van der Waals surface area contributed by atoms with Gasteiger partial charge in [0, 0.05) is 18.8 Å². The minimum atomic E-state index is -3.85. The van der Waals surface area contributed by atoms with Gasteiger partial charge in [-0.2, -0.15) is 0 Å². The van der Waals surface area contributed by atoms with E-state index in [0.717, 1.165) is 11.1 Å². The Hall–Kier alpha value is -2.54. The monoisotopic (exact) mass is 446 g/mol. The van der Waals surface area contributed by atoms with Crippen molar-refractivity contribution in [1.29, 1.82) is 0 Å². The van der Waals surface area contributed by atoms with Gasteiger partial charge in [0.15, 0.2) is 0 Å². The highest BCUT2D eigenvalue weighted by molar-refractivity contribution is 7.92. The van der Waals surface area contributed by atoms with Crippen LogP contribution in [0.25, 0.3) is 0 Å². The lowest BCUT2D eigenvalue weighted by atomic mass is 10.1. The Labute approximate surface area is 186 Å². The average molecular weight is 447 g/mol. The second kappa shape index (κ2) is 9.73. The predicted molar refractivity (Wildman–Crippen MR) is 127 cm³/mol. The van der Waals surface area contributed by atoms with Gasteiger partial charge in [-0.3, -0.25) is 4.72 Å². The Balaban J connectivity index is 2.46. The zero-order chi connectivity index (χ0) is 23.5. The summed E-state index contributed by atoms with van der Waals surface area (Å²) in [6.45, 7) is 15.3. The van der Waals surface area contributed by atoms with Crippen LogP contribution < -0.4 is 9.62 Å². The van der Waals surface area contributed by atoms with Gasteiger partial charge < -0.3 is 10.0 Å². The van der Waals surface area contributed by atoms with E-state index in [9.17, 15) is 18.3 Å². The largest absolute Gasteiger partial charge is 0.478 e. The summed E-state index contributed by atoms with van der Waals surface area (Å²) in [7, 11) is -3.85. The molecule has 0 aromatic heterocycles. The molecule has 0 aliphatic heterocycles. The first-order chi connectivity index (χ1) is 14.3. The molecule has 2 aromatic carbocycles. The van der Waals surface area contributed by atoms with E-state index in [1.54, 1.807) is 25.1 Å². The van der Waals surface area contributed by atoms with Gasteiger partial charge in [0.05, 0.1) is 16.1 Å². The van der Waals surface area contributed by atoms with E-state index in [0.29, 0.717) is 36.2 Å². The zero-order valence-corrected chi connectivity index (χ0v) is 20.3. The summed E-state index contributed by atoms with van der Waals surface area (Å²) in [5, 5.41) is 9.83. The van der Waals surface area contributed by atoms with Crippen molar-refractivity contribution in [3.8, 4) is 0 Å². The molecule has 0 bridgehead atoms. The number of hydrogen-bond donors (Lipinski definition) is 2. The Kier molecular flexibility index (Phi) is 7.76. The van der Waals surface area contributed by atoms with Crippen LogP contribution in [0, 0.1) is 32.6 Å². The summed E-state index contributed by atoms with van der Waals surface area (Å²) in [5.41, 5.74) is 3.45. The van der Waals surface area contributed by atoms with Crippen LogP contribution in [0.3, 0.4) is 0 Å². The fourth-order valence-electron chi connectivity index (χ4n) is 3.63. The van der Waals surface area contributed by atoms with Crippen molar-refractivity contribution in [2.24, 2.45) is 11.8 Å². The van der Waals surface area contributed by atoms with Crippen molar-refractivity contribution in [2.45, 2.75) is 53.4 Å². The van der Waals surface area contributed by atoms with Gasteiger partial charge in [-0.1, -0.05) is 33.8 Å². The molecule has 0 amide bonds. The normalized spacial score (nSPS) is 11.8. The van der Waals surface area contributed by atoms with Gasteiger partial charge in [0.2, 0.25) is 0 Å². The summed E-state index contributed by atoms with van der Waals surface area (Å²) >= 11 is 0. The lowest BCUT2D eigenvalue weighted by Crippen LogP contribution is -2.32. The molecule has 0 heterocycles. The minimum Gasteiger partial charge on any atom is -0.478 e. The third-order valence-electron chi connectivity index (χ3n) is 5.07. The van der Waals surface area contributed by atoms with E-state index in [1.807, 2.05) is 19.9 Å². The molecule has 0 atom stereocenters. The maximum Gasteiger partial charge on any atom is 0.337 e. The number of carbonyl (C=O) groups is 1. The Bertz CT molecular complexity index is 1050. The number of carboxylic acids is 1. The number of hydrogen-bond acceptors (Lipinski definition) is 4. The third kappa shape index (κ3) is 6.23. The SMILES string of the molecule is Cc1cc(C)c(S(=O)(=O)Nc2ccc(N(CC(C)C)CC(C)C)c(C(=O)O)c2)cc1C. The van der Waals surface area contributed by atoms with E-state index < -0.39 is 16.0 Å². The van der Waals surface area contributed by atoms with Crippen molar-refractivity contribution in [3.05, 3.63) is 52.6 Å². The summed E-state index contributed by atoms with van der Waals surface area (Å²) < 4.78 is 28.6. The number of nitrogens with one attached hydrogen (secondary N) is 1. The second-order valence-corrected chi connectivity index (χ2v) is 10.7. The van der Waals surface area contributed by atoms with Crippen molar-refractivity contribution < 1.29 is 18.3 Å². The highest BCUT2D eigenvalue weighted by Crippen LogP contribution is 2.29. The highest BCUT2D eigenvalue weighted by Gasteiger charge is 2.22. The number of aromatic carboxylic acids is 1. The predicted octanol–water partition coefficient (Wildman–Crippen LogP) is 5.23. The van der Waals surface area contributed by atoms with Gasteiger partial charge >= 0.3 is 5.97 Å². The first-order valence-electron chi connectivity index (χ1n) is 10.5. The molecule has 0 aliphatic rings. The van der Waals surface area contributed by atoms with E-state index in [-0.39, 0.29) is 16.1 Å². The number of rotatable bonds is 9. The van der Waals surface area contributed by atoms with Crippen LogP contribution in [0.4, 0.5) is 11.4 Å². The number of carboxylic acid groups (broad SMARTS) is 1.